The molecule has 2 rings (SSSR count). The van der Waals surface area contributed by atoms with Gasteiger partial charge in [0.1, 0.15) is 0 Å². The molecule has 0 bridgehead atoms. The van der Waals surface area contributed by atoms with Gasteiger partial charge in [-0.3, -0.25) is 9.78 Å². The zero-order valence-electron chi connectivity index (χ0n) is 12.6. The van der Waals surface area contributed by atoms with E-state index in [9.17, 15) is 4.79 Å². The normalized spacial score (nSPS) is 22.8. The van der Waals surface area contributed by atoms with Crippen molar-refractivity contribution in [1.82, 2.24) is 10.3 Å². The molecule has 1 N–H and O–H groups in total. The summed E-state index contributed by atoms with van der Waals surface area (Å²) in [6, 6.07) is 3.77. The van der Waals surface area contributed by atoms with E-state index < -0.39 is 0 Å². The van der Waals surface area contributed by atoms with Gasteiger partial charge in [-0.05, 0) is 23.5 Å². The molecular weight excluding hydrogens is 252 g/mol. The summed E-state index contributed by atoms with van der Waals surface area (Å²) in [5, 5.41) is 3.03. The molecule has 0 spiro atoms. The Kier molecular flexibility index (Phi) is 4.76. The Hall–Kier alpha value is -1.42. The first-order valence-electron chi connectivity index (χ1n) is 7.24. The van der Waals surface area contributed by atoms with Gasteiger partial charge in [-0.15, -0.1) is 0 Å². The Morgan fingerprint density at radius 3 is 2.95 bits per heavy atom. The van der Waals surface area contributed by atoms with Crippen molar-refractivity contribution in [2.45, 2.75) is 39.7 Å². The third-order valence-electron chi connectivity index (χ3n) is 3.72. The number of carbonyl (C=O) groups excluding carboxylic acids is 1. The van der Waals surface area contributed by atoms with Crippen molar-refractivity contribution in [2.75, 3.05) is 13.2 Å². The van der Waals surface area contributed by atoms with Gasteiger partial charge in [0, 0.05) is 31.5 Å². The van der Waals surface area contributed by atoms with Gasteiger partial charge in [0.2, 0.25) is 5.91 Å². The quantitative estimate of drug-likeness (QED) is 0.917. The highest BCUT2D eigenvalue weighted by Crippen LogP contribution is 2.34. The van der Waals surface area contributed by atoms with Crippen molar-refractivity contribution in [2.24, 2.45) is 11.3 Å². The van der Waals surface area contributed by atoms with Crippen LogP contribution in [0.2, 0.25) is 0 Å². The van der Waals surface area contributed by atoms with Crippen LogP contribution in [0.25, 0.3) is 0 Å². The molecule has 20 heavy (non-hydrogen) atoms. The minimum absolute atomic E-state index is 0.0533. The van der Waals surface area contributed by atoms with Crippen LogP contribution < -0.4 is 5.32 Å². The van der Waals surface area contributed by atoms with E-state index in [1.54, 1.807) is 12.4 Å². The van der Waals surface area contributed by atoms with Gasteiger partial charge in [0.25, 0.3) is 0 Å². The van der Waals surface area contributed by atoms with E-state index in [0.717, 1.165) is 18.6 Å². The smallest absolute Gasteiger partial charge is 0.224 e. The van der Waals surface area contributed by atoms with E-state index in [1.807, 2.05) is 12.1 Å². The highest BCUT2D eigenvalue weighted by atomic mass is 16.5. The number of nitrogens with one attached hydrogen (secondary N) is 1. The van der Waals surface area contributed by atoms with Crippen molar-refractivity contribution >= 4 is 5.91 Å². The Morgan fingerprint density at radius 1 is 1.50 bits per heavy atom. The average molecular weight is 276 g/mol. The third kappa shape index (κ3) is 4.04. The van der Waals surface area contributed by atoms with Gasteiger partial charge in [-0.1, -0.05) is 26.8 Å². The first-order valence-corrected chi connectivity index (χ1v) is 7.24. The summed E-state index contributed by atoms with van der Waals surface area (Å²) in [7, 11) is 0. The van der Waals surface area contributed by atoms with Gasteiger partial charge in [-0.2, -0.15) is 0 Å². The number of amides is 1. The second kappa shape index (κ2) is 6.35. The summed E-state index contributed by atoms with van der Waals surface area (Å²) in [5.41, 5.74) is 1.06. The average Bonchev–Trinajstić information content (AvgIpc) is 2.86. The molecule has 1 amide bonds. The van der Waals surface area contributed by atoms with E-state index >= 15 is 0 Å². The summed E-state index contributed by atoms with van der Waals surface area (Å²) in [5.74, 6) is 0.463. The van der Waals surface area contributed by atoms with E-state index in [-0.39, 0.29) is 17.4 Å². The number of nitrogens with zero attached hydrogens (tertiary/aromatic N) is 1. The fraction of sp³-hybridized carbons (Fsp3) is 0.625. The standard InChI is InChI=1S/C16H24N2O2/c1-16(2,3)15-13(6-8-20-15)11-18-14(19)9-12-5-4-7-17-10-12/h4-5,7,10,13,15H,6,8-9,11H2,1-3H3,(H,18,19)/t13-,15+/m1/s1. The molecule has 2 heterocycles. The first-order chi connectivity index (χ1) is 9.47. The molecule has 1 saturated heterocycles. The lowest BCUT2D eigenvalue weighted by Gasteiger charge is -2.31. The van der Waals surface area contributed by atoms with E-state index in [1.165, 1.54) is 0 Å². The second-order valence-electron chi connectivity index (χ2n) is 6.55. The minimum atomic E-state index is 0.0533. The molecule has 1 fully saturated rings. The molecule has 0 radical (unpaired) electrons. The number of ether oxygens (including phenoxy) is 1. The lowest BCUT2D eigenvalue weighted by atomic mass is 9.81. The van der Waals surface area contributed by atoms with Gasteiger partial charge in [0.05, 0.1) is 12.5 Å². The Bertz CT molecular complexity index is 440. The number of rotatable bonds is 4. The maximum Gasteiger partial charge on any atom is 0.224 e. The zero-order valence-corrected chi connectivity index (χ0v) is 12.6. The molecule has 0 aromatic carbocycles. The molecule has 1 aliphatic rings. The minimum Gasteiger partial charge on any atom is -0.377 e. The predicted octanol–water partition coefficient (Wildman–Crippen LogP) is 2.19. The Labute approximate surface area is 120 Å². The molecule has 4 nitrogen and oxygen atoms in total. The molecule has 4 heteroatoms. The van der Waals surface area contributed by atoms with Crippen LogP contribution in [0.4, 0.5) is 0 Å². The van der Waals surface area contributed by atoms with E-state index in [4.69, 9.17) is 4.74 Å². The van der Waals surface area contributed by atoms with Gasteiger partial charge < -0.3 is 10.1 Å². The van der Waals surface area contributed by atoms with Crippen LogP contribution in [0.15, 0.2) is 24.5 Å². The summed E-state index contributed by atoms with van der Waals surface area (Å²) in [6.07, 6.45) is 5.08. The maximum absolute atomic E-state index is 11.9. The molecule has 2 atom stereocenters. The zero-order chi connectivity index (χ0) is 14.6. The largest absolute Gasteiger partial charge is 0.377 e. The number of hydrogen-bond donors (Lipinski definition) is 1. The first kappa shape index (κ1) is 15.0. The topological polar surface area (TPSA) is 51.2 Å². The molecule has 0 aliphatic carbocycles. The van der Waals surface area contributed by atoms with Gasteiger partial charge in [0.15, 0.2) is 0 Å². The third-order valence-corrected chi connectivity index (χ3v) is 3.72. The summed E-state index contributed by atoms with van der Waals surface area (Å²) < 4.78 is 5.82. The number of pyridine rings is 1. The summed E-state index contributed by atoms with van der Waals surface area (Å²) in [4.78, 5) is 16.0. The van der Waals surface area contributed by atoms with Crippen molar-refractivity contribution in [3.63, 3.8) is 0 Å². The van der Waals surface area contributed by atoms with Crippen LogP contribution in [0.1, 0.15) is 32.8 Å². The van der Waals surface area contributed by atoms with Crippen LogP contribution >= 0.6 is 0 Å². The Balaban J connectivity index is 1.81. The maximum atomic E-state index is 11.9. The highest BCUT2D eigenvalue weighted by Gasteiger charge is 2.37. The molecule has 0 unspecified atom stereocenters. The summed E-state index contributed by atoms with van der Waals surface area (Å²) >= 11 is 0. The fourth-order valence-corrected chi connectivity index (χ4v) is 2.80. The van der Waals surface area contributed by atoms with Crippen LogP contribution in [0, 0.1) is 11.3 Å². The number of carbonyl (C=O) groups is 1. The lowest BCUT2D eigenvalue weighted by Crippen LogP contribution is -2.39. The van der Waals surface area contributed by atoms with E-state index in [0.29, 0.717) is 18.9 Å². The van der Waals surface area contributed by atoms with Crippen LogP contribution in [0.3, 0.4) is 0 Å². The van der Waals surface area contributed by atoms with Crippen molar-refractivity contribution < 1.29 is 9.53 Å². The molecule has 110 valence electrons. The van der Waals surface area contributed by atoms with Crippen molar-refractivity contribution in [3.8, 4) is 0 Å². The van der Waals surface area contributed by atoms with E-state index in [2.05, 4.69) is 31.1 Å². The summed E-state index contributed by atoms with van der Waals surface area (Å²) in [6.45, 7) is 8.06. The number of aromatic nitrogens is 1. The van der Waals surface area contributed by atoms with Crippen LogP contribution in [-0.4, -0.2) is 30.1 Å². The SMILES string of the molecule is CC(C)(C)[C@H]1OCC[C@@H]1CNC(=O)Cc1cccnc1. The molecule has 1 aromatic rings. The molecule has 0 saturated carbocycles. The fourth-order valence-electron chi connectivity index (χ4n) is 2.80. The highest BCUT2D eigenvalue weighted by molar-refractivity contribution is 5.78. The predicted molar refractivity (Wildman–Crippen MR) is 78.3 cm³/mol. The number of hydrogen-bond acceptors (Lipinski definition) is 3. The lowest BCUT2D eigenvalue weighted by molar-refractivity contribution is -0.120. The van der Waals surface area contributed by atoms with Crippen LogP contribution in [-0.2, 0) is 16.0 Å². The molecular formula is C16H24N2O2. The molecule has 1 aliphatic heterocycles. The van der Waals surface area contributed by atoms with Crippen LogP contribution in [0.5, 0.6) is 0 Å². The Morgan fingerprint density at radius 2 is 2.30 bits per heavy atom. The second-order valence-corrected chi connectivity index (χ2v) is 6.55. The van der Waals surface area contributed by atoms with Gasteiger partial charge >= 0.3 is 0 Å². The van der Waals surface area contributed by atoms with Crippen molar-refractivity contribution in [3.05, 3.63) is 30.1 Å². The monoisotopic (exact) mass is 276 g/mol. The van der Waals surface area contributed by atoms with Crippen molar-refractivity contribution in [1.29, 1.82) is 0 Å². The molecule has 1 aromatic heterocycles. The van der Waals surface area contributed by atoms with Gasteiger partial charge in [-0.25, -0.2) is 0 Å².